The number of aryl methyl sites for hydroxylation is 2. The number of nitrogens with one attached hydrogen (secondary N) is 2. The van der Waals surface area contributed by atoms with E-state index in [2.05, 4.69) is 32.9 Å². The number of halogens is 1. The van der Waals surface area contributed by atoms with Crippen molar-refractivity contribution in [3.05, 3.63) is 49.8 Å². The number of H-pyrrole nitrogens is 1. The maximum Gasteiger partial charge on any atom is 0.340 e. The van der Waals surface area contributed by atoms with Crippen molar-refractivity contribution in [2.75, 3.05) is 5.32 Å². The number of aromatic nitrogens is 1. The SMILES string of the molecule is Cc1cc(I)ccc1NC(=O)c1[nH]c(C)c(C(=O)OC(C)C)c1C. The van der Waals surface area contributed by atoms with Crippen molar-refractivity contribution in [3.63, 3.8) is 0 Å². The maximum absolute atomic E-state index is 12.6. The summed E-state index contributed by atoms with van der Waals surface area (Å²) >= 11 is 2.23. The lowest BCUT2D eigenvalue weighted by atomic mass is 10.1. The Balaban J connectivity index is 2.29. The standard InChI is InChI=1S/C18H21IN2O3/c1-9(2)24-18(23)15-11(4)16(20-12(15)5)17(22)21-14-7-6-13(19)8-10(14)3/h6-9,20H,1-5H3,(H,21,22). The second-order valence-corrected chi connectivity index (χ2v) is 7.24. The monoisotopic (exact) mass is 440 g/mol. The van der Waals surface area contributed by atoms with Crippen LogP contribution in [0.3, 0.4) is 0 Å². The van der Waals surface area contributed by atoms with Gasteiger partial charge >= 0.3 is 5.97 Å². The third-order valence-corrected chi connectivity index (χ3v) is 4.32. The minimum Gasteiger partial charge on any atom is -0.459 e. The molecule has 0 saturated heterocycles. The molecule has 128 valence electrons. The highest BCUT2D eigenvalue weighted by Crippen LogP contribution is 2.22. The molecule has 2 rings (SSSR count). The molecule has 5 nitrogen and oxygen atoms in total. The van der Waals surface area contributed by atoms with Crippen molar-refractivity contribution < 1.29 is 14.3 Å². The van der Waals surface area contributed by atoms with Crippen molar-refractivity contribution in [2.45, 2.75) is 40.7 Å². The molecule has 0 aliphatic rings. The number of amides is 1. The highest BCUT2D eigenvalue weighted by Gasteiger charge is 2.23. The topological polar surface area (TPSA) is 71.2 Å². The van der Waals surface area contributed by atoms with Crippen LogP contribution in [0.5, 0.6) is 0 Å². The molecule has 0 aliphatic carbocycles. The van der Waals surface area contributed by atoms with E-state index in [1.54, 1.807) is 27.7 Å². The molecule has 1 amide bonds. The molecule has 0 spiro atoms. The van der Waals surface area contributed by atoms with Crippen molar-refractivity contribution >= 4 is 40.2 Å². The number of hydrogen-bond acceptors (Lipinski definition) is 3. The van der Waals surface area contributed by atoms with Crippen LogP contribution in [0, 0.1) is 24.3 Å². The fourth-order valence-electron chi connectivity index (χ4n) is 2.51. The van der Waals surface area contributed by atoms with Gasteiger partial charge in [-0.05, 0) is 86.5 Å². The Hall–Kier alpha value is -1.83. The molecular formula is C18H21IN2O3. The normalized spacial score (nSPS) is 10.8. The zero-order valence-electron chi connectivity index (χ0n) is 14.4. The van der Waals surface area contributed by atoms with Gasteiger partial charge in [-0.3, -0.25) is 4.79 Å². The third kappa shape index (κ3) is 3.98. The largest absolute Gasteiger partial charge is 0.459 e. The van der Waals surface area contributed by atoms with Gasteiger partial charge in [0, 0.05) is 15.0 Å². The van der Waals surface area contributed by atoms with Gasteiger partial charge in [-0.1, -0.05) is 0 Å². The number of carbonyl (C=O) groups is 2. The number of anilines is 1. The number of hydrogen-bond donors (Lipinski definition) is 2. The molecule has 1 aromatic carbocycles. The molecule has 0 saturated carbocycles. The van der Waals surface area contributed by atoms with Crippen LogP contribution in [0.25, 0.3) is 0 Å². The lowest BCUT2D eigenvalue weighted by molar-refractivity contribution is 0.0376. The first-order valence-corrected chi connectivity index (χ1v) is 8.76. The second kappa shape index (κ2) is 7.38. The average molecular weight is 440 g/mol. The number of aromatic amines is 1. The van der Waals surface area contributed by atoms with Crippen LogP contribution in [0.2, 0.25) is 0 Å². The Labute approximate surface area is 155 Å². The Morgan fingerprint density at radius 1 is 1.21 bits per heavy atom. The molecular weight excluding hydrogens is 419 g/mol. The third-order valence-electron chi connectivity index (χ3n) is 3.65. The molecule has 0 bridgehead atoms. The maximum atomic E-state index is 12.6. The van der Waals surface area contributed by atoms with Crippen LogP contribution in [-0.2, 0) is 4.74 Å². The number of ether oxygens (including phenoxy) is 1. The summed E-state index contributed by atoms with van der Waals surface area (Å²) in [6, 6.07) is 5.80. The van der Waals surface area contributed by atoms with Gasteiger partial charge in [0.15, 0.2) is 0 Å². The van der Waals surface area contributed by atoms with Crippen LogP contribution in [0.15, 0.2) is 18.2 Å². The molecule has 6 heteroatoms. The lowest BCUT2D eigenvalue weighted by Crippen LogP contribution is -2.15. The van der Waals surface area contributed by atoms with Gasteiger partial charge in [0.25, 0.3) is 5.91 Å². The smallest absolute Gasteiger partial charge is 0.340 e. The van der Waals surface area contributed by atoms with Crippen molar-refractivity contribution in [1.29, 1.82) is 0 Å². The number of esters is 1. The molecule has 24 heavy (non-hydrogen) atoms. The van der Waals surface area contributed by atoms with E-state index in [0.717, 1.165) is 14.8 Å². The Bertz CT molecular complexity index is 794. The van der Waals surface area contributed by atoms with Crippen LogP contribution in [-0.4, -0.2) is 23.0 Å². The molecule has 0 aliphatic heterocycles. The van der Waals surface area contributed by atoms with Crippen LogP contribution in [0.1, 0.15) is 51.5 Å². The Kier molecular flexibility index (Phi) is 5.69. The summed E-state index contributed by atoms with van der Waals surface area (Å²) in [5.74, 6) is -0.691. The first-order chi connectivity index (χ1) is 11.2. The Morgan fingerprint density at radius 3 is 2.46 bits per heavy atom. The summed E-state index contributed by atoms with van der Waals surface area (Å²) in [5, 5.41) is 2.89. The fraction of sp³-hybridized carbons (Fsp3) is 0.333. The summed E-state index contributed by atoms with van der Waals surface area (Å²) in [6.45, 7) is 9.04. The van der Waals surface area contributed by atoms with Gasteiger partial charge in [0.1, 0.15) is 5.69 Å². The predicted molar refractivity (Wildman–Crippen MR) is 103 cm³/mol. The van der Waals surface area contributed by atoms with Crippen molar-refractivity contribution in [3.8, 4) is 0 Å². The molecule has 1 aromatic heterocycles. The molecule has 2 N–H and O–H groups in total. The van der Waals surface area contributed by atoms with E-state index in [1.165, 1.54) is 0 Å². The van der Waals surface area contributed by atoms with Gasteiger partial charge in [-0.15, -0.1) is 0 Å². The van der Waals surface area contributed by atoms with E-state index in [1.807, 2.05) is 25.1 Å². The minimum absolute atomic E-state index is 0.210. The minimum atomic E-state index is -0.416. The first-order valence-electron chi connectivity index (χ1n) is 7.68. The van der Waals surface area contributed by atoms with Gasteiger partial charge in [0.05, 0.1) is 11.7 Å². The summed E-state index contributed by atoms with van der Waals surface area (Å²) in [6.07, 6.45) is -0.210. The van der Waals surface area contributed by atoms with Gasteiger partial charge in [-0.2, -0.15) is 0 Å². The summed E-state index contributed by atoms with van der Waals surface area (Å²) < 4.78 is 6.36. The predicted octanol–water partition coefficient (Wildman–Crippen LogP) is 4.36. The number of carbonyl (C=O) groups excluding carboxylic acids is 2. The molecule has 2 aromatic rings. The number of rotatable bonds is 4. The zero-order valence-corrected chi connectivity index (χ0v) is 16.6. The van der Waals surface area contributed by atoms with Crippen LogP contribution in [0.4, 0.5) is 5.69 Å². The van der Waals surface area contributed by atoms with Crippen LogP contribution >= 0.6 is 22.6 Å². The highest BCUT2D eigenvalue weighted by molar-refractivity contribution is 14.1. The highest BCUT2D eigenvalue weighted by atomic mass is 127. The first kappa shape index (κ1) is 18.5. The molecule has 0 atom stereocenters. The molecule has 0 fully saturated rings. The Morgan fingerprint density at radius 2 is 1.88 bits per heavy atom. The summed E-state index contributed by atoms with van der Waals surface area (Å²) in [7, 11) is 0. The number of benzene rings is 1. The quantitative estimate of drug-likeness (QED) is 0.548. The van der Waals surface area contributed by atoms with Gasteiger partial charge in [0.2, 0.25) is 0 Å². The van der Waals surface area contributed by atoms with E-state index >= 15 is 0 Å². The van der Waals surface area contributed by atoms with E-state index in [9.17, 15) is 9.59 Å². The lowest BCUT2D eigenvalue weighted by Gasteiger charge is -2.09. The van der Waals surface area contributed by atoms with E-state index in [-0.39, 0.29) is 12.0 Å². The molecule has 1 heterocycles. The van der Waals surface area contributed by atoms with Crippen molar-refractivity contribution in [2.24, 2.45) is 0 Å². The molecule has 0 radical (unpaired) electrons. The molecule has 0 unspecified atom stereocenters. The van der Waals surface area contributed by atoms with E-state index in [0.29, 0.717) is 22.5 Å². The van der Waals surface area contributed by atoms with Crippen LogP contribution < -0.4 is 5.32 Å². The van der Waals surface area contributed by atoms with E-state index in [4.69, 9.17) is 4.74 Å². The zero-order chi connectivity index (χ0) is 18.0. The summed E-state index contributed by atoms with van der Waals surface area (Å²) in [5.41, 5.74) is 3.75. The van der Waals surface area contributed by atoms with E-state index < -0.39 is 5.97 Å². The average Bonchev–Trinajstić information content (AvgIpc) is 2.76. The van der Waals surface area contributed by atoms with Crippen molar-refractivity contribution in [1.82, 2.24) is 4.98 Å². The fourth-order valence-corrected chi connectivity index (χ4v) is 3.16. The second-order valence-electron chi connectivity index (χ2n) is 5.99. The van der Waals surface area contributed by atoms with Gasteiger partial charge in [-0.25, -0.2) is 4.79 Å². The van der Waals surface area contributed by atoms with Gasteiger partial charge < -0.3 is 15.0 Å². The summed E-state index contributed by atoms with van der Waals surface area (Å²) in [4.78, 5) is 27.8.